The number of amides is 1. The first-order valence-electron chi connectivity index (χ1n) is 13.0. The Morgan fingerprint density at radius 2 is 1.64 bits per heavy atom. The number of benzene rings is 2. The van der Waals surface area contributed by atoms with Crippen LogP contribution in [0.4, 0.5) is 5.69 Å². The van der Waals surface area contributed by atoms with Crippen molar-refractivity contribution in [2.45, 2.75) is 20.8 Å². The number of carbonyl (C=O) groups is 3. The molecule has 10 nitrogen and oxygen atoms in total. The lowest BCUT2D eigenvalue weighted by molar-refractivity contribution is -0.114. The number of nitrogens with one attached hydrogen (secondary N) is 1. The fourth-order valence-corrected chi connectivity index (χ4v) is 5.85. The van der Waals surface area contributed by atoms with Gasteiger partial charge in [-0.1, -0.05) is 0 Å². The molecular weight excluding hydrogens is 560 g/mol. The molecule has 0 saturated heterocycles. The second kappa shape index (κ2) is 13.0. The molecule has 0 saturated carbocycles. The third-order valence-electron chi connectivity index (χ3n) is 6.56. The van der Waals surface area contributed by atoms with E-state index >= 15 is 0 Å². The van der Waals surface area contributed by atoms with Crippen molar-refractivity contribution in [3.05, 3.63) is 63.7 Å². The number of ketones is 1. The molecule has 0 aliphatic rings. The smallest absolute Gasteiger partial charge is 0.340 e. The number of hydrogen-bond donors (Lipinski definition) is 1. The Kier molecular flexibility index (Phi) is 9.44. The summed E-state index contributed by atoms with van der Waals surface area (Å²) in [5.41, 5.74) is 3.02. The van der Waals surface area contributed by atoms with Crippen LogP contribution in [0.2, 0.25) is 0 Å². The van der Waals surface area contributed by atoms with E-state index in [1.54, 1.807) is 51.5 Å². The molecule has 0 radical (unpaired) electrons. The first-order chi connectivity index (χ1) is 20.1. The number of nitrogens with zero attached hydrogens (tertiary/aromatic N) is 1. The average molecular weight is 593 g/mol. The van der Waals surface area contributed by atoms with Gasteiger partial charge in [-0.3, -0.25) is 9.59 Å². The zero-order valence-electron chi connectivity index (χ0n) is 24.5. The van der Waals surface area contributed by atoms with Crippen LogP contribution in [0.15, 0.2) is 36.4 Å². The van der Waals surface area contributed by atoms with Gasteiger partial charge >= 0.3 is 5.97 Å². The molecule has 42 heavy (non-hydrogen) atoms. The summed E-state index contributed by atoms with van der Waals surface area (Å²) in [5.74, 6) is 0.253. The zero-order valence-corrected chi connectivity index (χ0v) is 25.3. The van der Waals surface area contributed by atoms with Crippen molar-refractivity contribution in [2.75, 3.05) is 47.0 Å². The van der Waals surface area contributed by atoms with Gasteiger partial charge in [0.05, 0.1) is 44.9 Å². The standard InChI is InChI=1S/C31H32N2O8S/c1-16-14-20(15-22(39-6)28(16)40-7)24-23(31(36)41-13-12-37-4)17(2)32-30-25(24)26(33-18(3)34)29(42-30)27(35)19-8-10-21(38-5)11-9-19/h8-11,14-15H,12-13H2,1-7H3,(H,33,34). The second-order valence-corrected chi connectivity index (χ2v) is 10.3. The van der Waals surface area contributed by atoms with Crippen molar-refractivity contribution in [3.8, 4) is 28.4 Å². The summed E-state index contributed by atoms with van der Waals surface area (Å²) >= 11 is 1.13. The molecule has 0 atom stereocenters. The third kappa shape index (κ3) is 5.93. The molecule has 1 N–H and O–H groups in total. The maximum atomic E-state index is 13.8. The molecule has 0 bridgehead atoms. The number of thiophene rings is 1. The van der Waals surface area contributed by atoms with Crippen LogP contribution < -0.4 is 19.5 Å². The lowest BCUT2D eigenvalue weighted by Gasteiger charge is -2.18. The maximum absolute atomic E-state index is 13.8. The highest BCUT2D eigenvalue weighted by Crippen LogP contribution is 2.46. The van der Waals surface area contributed by atoms with Gasteiger partial charge in [0.25, 0.3) is 0 Å². The van der Waals surface area contributed by atoms with Crippen molar-refractivity contribution in [1.82, 2.24) is 4.98 Å². The van der Waals surface area contributed by atoms with E-state index in [1.165, 1.54) is 21.1 Å². The SMILES string of the molecule is COCCOC(=O)c1c(C)nc2sc(C(=O)c3ccc(OC)cc3)c(NC(C)=O)c2c1-c1cc(C)c(OC)c(OC)c1. The monoisotopic (exact) mass is 592 g/mol. The zero-order chi connectivity index (χ0) is 30.6. The van der Waals surface area contributed by atoms with Crippen molar-refractivity contribution in [2.24, 2.45) is 0 Å². The summed E-state index contributed by atoms with van der Waals surface area (Å²) in [6.45, 7) is 5.15. The van der Waals surface area contributed by atoms with Gasteiger partial charge in [0.15, 0.2) is 11.5 Å². The van der Waals surface area contributed by atoms with Gasteiger partial charge in [-0.15, -0.1) is 11.3 Å². The minimum absolute atomic E-state index is 0.0284. The van der Waals surface area contributed by atoms with E-state index in [1.807, 2.05) is 13.0 Å². The Hall–Kier alpha value is -4.48. The molecule has 0 aliphatic heterocycles. The molecule has 220 valence electrons. The number of fused-ring (bicyclic) bond motifs is 1. The molecule has 4 rings (SSSR count). The molecule has 4 aromatic rings. The first kappa shape index (κ1) is 30.5. The van der Waals surface area contributed by atoms with E-state index in [0.717, 1.165) is 16.9 Å². The summed E-state index contributed by atoms with van der Waals surface area (Å²) in [6, 6.07) is 10.3. The first-order valence-corrected chi connectivity index (χ1v) is 13.8. The Balaban J connectivity index is 2.09. The van der Waals surface area contributed by atoms with Gasteiger partial charge in [-0.05, 0) is 61.4 Å². The number of anilines is 1. The van der Waals surface area contributed by atoms with Crippen LogP contribution in [-0.4, -0.2) is 64.3 Å². The van der Waals surface area contributed by atoms with E-state index in [9.17, 15) is 14.4 Å². The summed E-state index contributed by atoms with van der Waals surface area (Å²) in [4.78, 5) is 45.3. The van der Waals surface area contributed by atoms with Gasteiger partial charge in [0.1, 0.15) is 22.1 Å². The van der Waals surface area contributed by atoms with Gasteiger partial charge in [-0.25, -0.2) is 9.78 Å². The van der Waals surface area contributed by atoms with E-state index in [0.29, 0.717) is 49.8 Å². The van der Waals surface area contributed by atoms with Crippen LogP contribution >= 0.6 is 11.3 Å². The molecular formula is C31H32N2O8S. The van der Waals surface area contributed by atoms with Crippen molar-refractivity contribution < 1.29 is 38.1 Å². The van der Waals surface area contributed by atoms with Crippen LogP contribution in [0.5, 0.6) is 17.2 Å². The molecule has 0 fully saturated rings. The Morgan fingerprint density at radius 1 is 0.929 bits per heavy atom. The second-order valence-electron chi connectivity index (χ2n) is 9.33. The predicted octanol–water partition coefficient (Wildman–Crippen LogP) is 5.60. The summed E-state index contributed by atoms with van der Waals surface area (Å²) in [5, 5.41) is 3.27. The highest BCUT2D eigenvalue weighted by Gasteiger charge is 2.30. The summed E-state index contributed by atoms with van der Waals surface area (Å²) in [7, 11) is 6.12. The Morgan fingerprint density at radius 3 is 2.24 bits per heavy atom. The van der Waals surface area contributed by atoms with Gasteiger partial charge in [-0.2, -0.15) is 0 Å². The van der Waals surface area contributed by atoms with E-state index < -0.39 is 11.9 Å². The van der Waals surface area contributed by atoms with Gasteiger partial charge in [0, 0.05) is 30.5 Å². The fraction of sp³-hybridized carbons (Fsp3) is 0.290. The van der Waals surface area contributed by atoms with Crippen LogP contribution in [-0.2, 0) is 14.3 Å². The number of carbonyl (C=O) groups excluding carboxylic acids is 3. The largest absolute Gasteiger partial charge is 0.497 e. The predicted molar refractivity (Wildman–Crippen MR) is 161 cm³/mol. The normalized spacial score (nSPS) is 10.8. The molecule has 2 aromatic carbocycles. The van der Waals surface area contributed by atoms with E-state index in [-0.39, 0.29) is 35.1 Å². The van der Waals surface area contributed by atoms with E-state index in [2.05, 4.69) is 5.32 Å². The summed E-state index contributed by atoms with van der Waals surface area (Å²) in [6.07, 6.45) is 0. The lowest BCUT2D eigenvalue weighted by Crippen LogP contribution is -2.14. The maximum Gasteiger partial charge on any atom is 0.340 e. The molecule has 0 spiro atoms. The minimum atomic E-state index is -0.621. The quantitative estimate of drug-likeness (QED) is 0.135. The third-order valence-corrected chi connectivity index (χ3v) is 7.64. The van der Waals surface area contributed by atoms with Crippen molar-refractivity contribution >= 4 is 44.9 Å². The molecule has 0 unspecified atom stereocenters. The lowest BCUT2D eigenvalue weighted by atomic mass is 9.93. The number of aryl methyl sites for hydroxylation is 2. The Bertz CT molecular complexity index is 1660. The van der Waals surface area contributed by atoms with Crippen molar-refractivity contribution in [1.29, 1.82) is 0 Å². The van der Waals surface area contributed by atoms with E-state index in [4.69, 9.17) is 28.7 Å². The number of methoxy groups -OCH3 is 4. The summed E-state index contributed by atoms with van der Waals surface area (Å²) < 4.78 is 27.0. The molecule has 2 aromatic heterocycles. The molecule has 1 amide bonds. The highest BCUT2D eigenvalue weighted by molar-refractivity contribution is 7.21. The number of ether oxygens (including phenoxy) is 5. The minimum Gasteiger partial charge on any atom is -0.497 e. The highest BCUT2D eigenvalue weighted by atomic mass is 32.1. The topological polar surface area (TPSA) is 122 Å². The number of hydrogen-bond acceptors (Lipinski definition) is 10. The molecule has 2 heterocycles. The average Bonchev–Trinajstić information content (AvgIpc) is 3.32. The Labute approximate surface area is 247 Å². The van der Waals surface area contributed by atoms with Crippen LogP contribution in [0, 0.1) is 13.8 Å². The molecule has 0 aliphatic carbocycles. The number of esters is 1. The number of pyridine rings is 1. The molecule has 11 heteroatoms. The van der Waals surface area contributed by atoms with Gasteiger partial charge in [0.2, 0.25) is 11.7 Å². The van der Waals surface area contributed by atoms with Crippen molar-refractivity contribution in [3.63, 3.8) is 0 Å². The van der Waals surface area contributed by atoms with Crippen LogP contribution in [0.1, 0.15) is 43.8 Å². The fourth-order valence-electron chi connectivity index (χ4n) is 4.70. The van der Waals surface area contributed by atoms with Crippen LogP contribution in [0.3, 0.4) is 0 Å². The van der Waals surface area contributed by atoms with Crippen LogP contribution in [0.25, 0.3) is 21.3 Å². The number of aromatic nitrogens is 1. The van der Waals surface area contributed by atoms with Gasteiger partial charge < -0.3 is 29.0 Å². The number of rotatable bonds is 11.